The molecular weight excluding hydrogens is 260 g/mol. The summed E-state index contributed by atoms with van der Waals surface area (Å²) in [6, 6.07) is 7.97. The Labute approximate surface area is 117 Å². The molecule has 0 bridgehead atoms. The third-order valence-electron chi connectivity index (χ3n) is 2.68. The summed E-state index contributed by atoms with van der Waals surface area (Å²) in [6.45, 7) is 3.66. The van der Waals surface area contributed by atoms with Crippen molar-refractivity contribution in [3.8, 4) is 5.75 Å². The molecule has 0 spiro atoms. The molecule has 1 aromatic carbocycles. The predicted molar refractivity (Wildman–Crippen MR) is 79.2 cm³/mol. The highest BCUT2D eigenvalue weighted by Gasteiger charge is 2.07. The SMILES string of the molecule is CCNc1nnc(CN(C)c2ccc(OC)cc2)s1. The molecular formula is C13H18N4OS. The number of ether oxygens (including phenoxy) is 1. The largest absolute Gasteiger partial charge is 0.497 e. The predicted octanol–water partition coefficient (Wildman–Crippen LogP) is 2.61. The third kappa shape index (κ3) is 3.57. The molecule has 5 nitrogen and oxygen atoms in total. The van der Waals surface area contributed by atoms with Gasteiger partial charge in [-0.25, -0.2) is 0 Å². The van der Waals surface area contributed by atoms with E-state index in [0.29, 0.717) is 0 Å². The molecule has 0 atom stereocenters. The summed E-state index contributed by atoms with van der Waals surface area (Å²) in [5.41, 5.74) is 1.13. The second-order valence-electron chi connectivity index (χ2n) is 4.09. The molecule has 2 rings (SSSR count). The number of anilines is 2. The van der Waals surface area contributed by atoms with Crippen LogP contribution >= 0.6 is 11.3 Å². The van der Waals surface area contributed by atoms with E-state index in [1.807, 2.05) is 38.2 Å². The van der Waals surface area contributed by atoms with Crippen LogP contribution in [0.2, 0.25) is 0 Å². The van der Waals surface area contributed by atoms with Gasteiger partial charge in [-0.2, -0.15) is 0 Å². The highest BCUT2D eigenvalue weighted by Crippen LogP contribution is 2.22. The Morgan fingerprint density at radius 2 is 2.00 bits per heavy atom. The van der Waals surface area contributed by atoms with Crippen molar-refractivity contribution >= 4 is 22.2 Å². The summed E-state index contributed by atoms with van der Waals surface area (Å²) in [4.78, 5) is 2.13. The second kappa shape index (κ2) is 6.38. The minimum absolute atomic E-state index is 0.745. The van der Waals surface area contributed by atoms with Gasteiger partial charge < -0.3 is 15.0 Å². The highest BCUT2D eigenvalue weighted by atomic mass is 32.1. The Morgan fingerprint density at radius 3 is 2.63 bits per heavy atom. The lowest BCUT2D eigenvalue weighted by molar-refractivity contribution is 0.415. The van der Waals surface area contributed by atoms with Gasteiger partial charge in [0.05, 0.1) is 13.7 Å². The highest BCUT2D eigenvalue weighted by molar-refractivity contribution is 7.15. The lowest BCUT2D eigenvalue weighted by Crippen LogP contribution is -2.16. The first-order valence-corrected chi connectivity index (χ1v) is 6.96. The van der Waals surface area contributed by atoms with Crippen LogP contribution in [-0.4, -0.2) is 30.9 Å². The molecule has 1 heterocycles. The smallest absolute Gasteiger partial charge is 0.205 e. The van der Waals surface area contributed by atoms with Crippen LogP contribution in [0.1, 0.15) is 11.9 Å². The van der Waals surface area contributed by atoms with Crippen LogP contribution in [0.25, 0.3) is 0 Å². The topological polar surface area (TPSA) is 50.3 Å². The number of hydrogen-bond acceptors (Lipinski definition) is 6. The van der Waals surface area contributed by atoms with E-state index in [1.165, 1.54) is 0 Å². The Kier molecular flexibility index (Phi) is 4.57. The zero-order valence-corrected chi connectivity index (χ0v) is 12.2. The monoisotopic (exact) mass is 278 g/mol. The number of nitrogens with zero attached hydrogens (tertiary/aromatic N) is 3. The number of benzene rings is 1. The Morgan fingerprint density at radius 1 is 1.26 bits per heavy atom. The number of hydrogen-bond donors (Lipinski definition) is 1. The molecule has 1 aromatic heterocycles. The minimum Gasteiger partial charge on any atom is -0.497 e. The summed E-state index contributed by atoms with van der Waals surface area (Å²) < 4.78 is 5.15. The summed E-state index contributed by atoms with van der Waals surface area (Å²) in [7, 11) is 3.71. The van der Waals surface area contributed by atoms with Crippen LogP contribution in [0.4, 0.5) is 10.8 Å². The van der Waals surface area contributed by atoms with Gasteiger partial charge in [0.15, 0.2) is 0 Å². The Balaban J connectivity index is 2.00. The van der Waals surface area contributed by atoms with Gasteiger partial charge in [0, 0.05) is 19.3 Å². The van der Waals surface area contributed by atoms with Crippen molar-refractivity contribution in [1.82, 2.24) is 10.2 Å². The fourth-order valence-electron chi connectivity index (χ4n) is 1.67. The van der Waals surface area contributed by atoms with Gasteiger partial charge in [0.2, 0.25) is 5.13 Å². The van der Waals surface area contributed by atoms with E-state index in [0.717, 1.165) is 34.7 Å². The molecule has 2 aromatic rings. The molecule has 0 aliphatic heterocycles. The van der Waals surface area contributed by atoms with E-state index in [4.69, 9.17) is 4.74 Å². The van der Waals surface area contributed by atoms with E-state index in [2.05, 4.69) is 20.4 Å². The van der Waals surface area contributed by atoms with Crippen LogP contribution in [0.3, 0.4) is 0 Å². The summed E-state index contributed by atoms with van der Waals surface area (Å²) >= 11 is 1.59. The van der Waals surface area contributed by atoms with Crippen LogP contribution < -0.4 is 15.0 Å². The second-order valence-corrected chi connectivity index (χ2v) is 5.15. The van der Waals surface area contributed by atoms with Crippen molar-refractivity contribution in [2.45, 2.75) is 13.5 Å². The van der Waals surface area contributed by atoms with E-state index >= 15 is 0 Å². The average molecular weight is 278 g/mol. The molecule has 0 saturated carbocycles. The number of aromatic nitrogens is 2. The van der Waals surface area contributed by atoms with Crippen molar-refractivity contribution in [1.29, 1.82) is 0 Å². The van der Waals surface area contributed by atoms with Gasteiger partial charge in [-0.15, -0.1) is 10.2 Å². The molecule has 0 radical (unpaired) electrons. The fourth-order valence-corrected chi connectivity index (χ4v) is 2.53. The first kappa shape index (κ1) is 13.6. The van der Waals surface area contributed by atoms with Crippen LogP contribution in [0.15, 0.2) is 24.3 Å². The molecule has 102 valence electrons. The third-order valence-corrected chi connectivity index (χ3v) is 3.55. The quantitative estimate of drug-likeness (QED) is 0.880. The molecule has 19 heavy (non-hydrogen) atoms. The van der Waals surface area contributed by atoms with E-state index in [9.17, 15) is 0 Å². The summed E-state index contributed by atoms with van der Waals surface area (Å²) in [5.74, 6) is 0.863. The molecule has 0 aliphatic rings. The maximum atomic E-state index is 5.15. The van der Waals surface area contributed by atoms with Gasteiger partial charge in [-0.3, -0.25) is 0 Å². The maximum Gasteiger partial charge on any atom is 0.205 e. The van der Waals surface area contributed by atoms with Gasteiger partial charge >= 0.3 is 0 Å². The molecule has 6 heteroatoms. The van der Waals surface area contributed by atoms with Crippen molar-refractivity contribution in [2.75, 3.05) is 30.9 Å². The van der Waals surface area contributed by atoms with Gasteiger partial charge in [0.25, 0.3) is 0 Å². The van der Waals surface area contributed by atoms with Crippen LogP contribution in [-0.2, 0) is 6.54 Å². The number of rotatable bonds is 6. The summed E-state index contributed by atoms with van der Waals surface area (Å²) in [6.07, 6.45) is 0. The van der Waals surface area contributed by atoms with Gasteiger partial charge in [-0.1, -0.05) is 11.3 Å². The Bertz CT molecular complexity index is 512. The van der Waals surface area contributed by atoms with Crippen LogP contribution in [0.5, 0.6) is 5.75 Å². The molecule has 0 saturated heterocycles. The normalized spacial score (nSPS) is 10.3. The average Bonchev–Trinajstić information content (AvgIpc) is 2.86. The Hall–Kier alpha value is -1.82. The first-order valence-electron chi connectivity index (χ1n) is 6.14. The van der Waals surface area contributed by atoms with E-state index < -0.39 is 0 Å². The lowest BCUT2D eigenvalue weighted by Gasteiger charge is -2.17. The van der Waals surface area contributed by atoms with Crippen LogP contribution in [0, 0.1) is 0 Å². The van der Waals surface area contributed by atoms with E-state index in [1.54, 1.807) is 18.4 Å². The molecule has 0 fully saturated rings. The zero-order chi connectivity index (χ0) is 13.7. The standard InChI is InChI=1S/C13H18N4OS/c1-4-14-13-16-15-12(19-13)9-17(2)10-5-7-11(18-3)8-6-10/h5-8H,4,9H2,1-3H3,(H,14,16). The zero-order valence-electron chi connectivity index (χ0n) is 11.4. The number of methoxy groups -OCH3 is 1. The number of nitrogens with one attached hydrogen (secondary N) is 1. The van der Waals surface area contributed by atoms with Gasteiger partial charge in [-0.05, 0) is 31.2 Å². The summed E-state index contributed by atoms with van der Waals surface area (Å²) in [5, 5.41) is 13.3. The van der Waals surface area contributed by atoms with Crippen molar-refractivity contribution in [3.05, 3.63) is 29.3 Å². The van der Waals surface area contributed by atoms with Crippen molar-refractivity contribution in [3.63, 3.8) is 0 Å². The van der Waals surface area contributed by atoms with Gasteiger partial charge in [0.1, 0.15) is 10.8 Å². The molecule has 0 unspecified atom stereocenters. The maximum absolute atomic E-state index is 5.15. The van der Waals surface area contributed by atoms with E-state index in [-0.39, 0.29) is 0 Å². The molecule has 1 N–H and O–H groups in total. The van der Waals surface area contributed by atoms with Crippen molar-refractivity contribution < 1.29 is 4.74 Å². The lowest BCUT2D eigenvalue weighted by atomic mass is 10.3. The fraction of sp³-hybridized carbons (Fsp3) is 0.385. The van der Waals surface area contributed by atoms with Crippen molar-refractivity contribution in [2.24, 2.45) is 0 Å². The molecule has 0 amide bonds. The minimum atomic E-state index is 0.745. The first-order chi connectivity index (χ1) is 9.22. The molecule has 0 aliphatic carbocycles.